The van der Waals surface area contributed by atoms with Gasteiger partial charge < -0.3 is 15.3 Å². The summed E-state index contributed by atoms with van der Waals surface area (Å²) in [6.45, 7) is 2.23. The normalized spacial score (nSPS) is 13.1. The highest BCUT2D eigenvalue weighted by Crippen LogP contribution is 2.29. The molecule has 0 aliphatic rings. The second-order valence-corrected chi connectivity index (χ2v) is 8.60. The summed E-state index contributed by atoms with van der Waals surface area (Å²) in [6, 6.07) is 0. The van der Waals surface area contributed by atoms with Crippen LogP contribution in [0.4, 0.5) is 0 Å². The van der Waals surface area contributed by atoms with Crippen LogP contribution in [0.2, 0.25) is 0 Å². The van der Waals surface area contributed by atoms with Gasteiger partial charge in [0.25, 0.3) is 0 Å². The number of hydrogen-bond acceptors (Lipinski definition) is 3. The van der Waals surface area contributed by atoms with Crippen LogP contribution in [0.1, 0.15) is 122 Å². The number of carbonyl (C=O) groups is 3. The van der Waals surface area contributed by atoms with Crippen molar-refractivity contribution < 1.29 is 29.7 Å². The van der Waals surface area contributed by atoms with Crippen LogP contribution in [-0.4, -0.2) is 33.2 Å². The maximum atomic E-state index is 11.8. The van der Waals surface area contributed by atoms with Crippen molar-refractivity contribution in [3.63, 3.8) is 0 Å². The van der Waals surface area contributed by atoms with E-state index in [-0.39, 0.29) is 18.8 Å². The summed E-state index contributed by atoms with van der Waals surface area (Å²) in [5.41, 5.74) is 0. The summed E-state index contributed by atoms with van der Waals surface area (Å²) in [7, 11) is 0. The van der Waals surface area contributed by atoms with Crippen LogP contribution in [0.15, 0.2) is 0 Å². The molecule has 0 radical (unpaired) electrons. The number of carboxylic acid groups (broad SMARTS) is 3. The largest absolute Gasteiger partial charge is 0.481 e. The van der Waals surface area contributed by atoms with Crippen LogP contribution in [-0.2, 0) is 14.4 Å². The minimum Gasteiger partial charge on any atom is -0.481 e. The third kappa shape index (κ3) is 17.3. The lowest BCUT2D eigenvalue weighted by Crippen LogP contribution is -2.24. The Hall–Kier alpha value is -1.59. The molecule has 2 atom stereocenters. The van der Waals surface area contributed by atoms with Crippen LogP contribution in [0.5, 0.6) is 0 Å². The average molecular weight is 429 g/mol. The SMILES string of the molecule is CCCCCCCCCCCCCC(CCCC(=O)O)C(CCCC(=O)O)C(=O)O. The fraction of sp³-hybridized carbons (Fsp3) is 0.875. The second kappa shape index (κ2) is 19.4. The van der Waals surface area contributed by atoms with Gasteiger partial charge in [-0.3, -0.25) is 14.4 Å². The van der Waals surface area contributed by atoms with Crippen LogP contribution in [0, 0.1) is 11.8 Å². The van der Waals surface area contributed by atoms with Crippen molar-refractivity contribution in [2.75, 3.05) is 0 Å². The first-order chi connectivity index (χ1) is 14.4. The molecule has 3 N–H and O–H groups in total. The van der Waals surface area contributed by atoms with Crippen LogP contribution >= 0.6 is 0 Å². The van der Waals surface area contributed by atoms with Gasteiger partial charge in [0.2, 0.25) is 0 Å². The van der Waals surface area contributed by atoms with Crippen LogP contribution in [0.3, 0.4) is 0 Å². The summed E-state index contributed by atoms with van der Waals surface area (Å²) in [6.07, 6.45) is 16.1. The standard InChI is InChI=1S/C24H44O6/c1-2-3-4-5-6-7-8-9-10-11-12-15-20(16-13-18-22(25)26)21(24(29)30)17-14-19-23(27)28/h20-21H,2-19H2,1H3,(H,25,26)(H,27,28)(H,29,30). The molecule has 0 aromatic rings. The molecule has 6 nitrogen and oxygen atoms in total. The Balaban J connectivity index is 4.24. The fourth-order valence-electron chi connectivity index (χ4n) is 4.17. The first-order valence-electron chi connectivity index (χ1n) is 12.0. The summed E-state index contributed by atoms with van der Waals surface area (Å²) in [4.78, 5) is 33.3. The van der Waals surface area contributed by atoms with E-state index in [0.29, 0.717) is 25.7 Å². The zero-order chi connectivity index (χ0) is 22.6. The van der Waals surface area contributed by atoms with Gasteiger partial charge >= 0.3 is 17.9 Å². The Kier molecular flexibility index (Phi) is 18.4. The van der Waals surface area contributed by atoms with E-state index in [0.717, 1.165) is 25.7 Å². The number of rotatable bonds is 22. The molecule has 30 heavy (non-hydrogen) atoms. The molecule has 0 aromatic carbocycles. The highest BCUT2D eigenvalue weighted by molar-refractivity contribution is 5.71. The predicted octanol–water partition coefficient (Wildman–Crippen LogP) is 6.51. The van der Waals surface area contributed by atoms with Crippen molar-refractivity contribution in [2.45, 2.75) is 122 Å². The molecule has 0 saturated heterocycles. The van der Waals surface area contributed by atoms with Gasteiger partial charge in [0.05, 0.1) is 5.92 Å². The van der Waals surface area contributed by atoms with Gasteiger partial charge in [0.15, 0.2) is 0 Å². The first kappa shape index (κ1) is 28.4. The van der Waals surface area contributed by atoms with Crippen molar-refractivity contribution in [3.05, 3.63) is 0 Å². The molecule has 0 aromatic heterocycles. The molecule has 0 heterocycles. The number of unbranched alkanes of at least 4 members (excludes halogenated alkanes) is 10. The van der Waals surface area contributed by atoms with E-state index >= 15 is 0 Å². The zero-order valence-corrected chi connectivity index (χ0v) is 18.9. The first-order valence-corrected chi connectivity index (χ1v) is 12.0. The lowest BCUT2D eigenvalue weighted by atomic mass is 9.81. The molecule has 0 fully saturated rings. The minimum absolute atomic E-state index is 0.0237. The van der Waals surface area contributed by atoms with Crippen LogP contribution in [0.25, 0.3) is 0 Å². The fourth-order valence-corrected chi connectivity index (χ4v) is 4.17. The number of carboxylic acids is 3. The van der Waals surface area contributed by atoms with E-state index in [1.807, 2.05) is 0 Å². The second-order valence-electron chi connectivity index (χ2n) is 8.60. The molecule has 0 rings (SSSR count). The third-order valence-corrected chi connectivity index (χ3v) is 5.94. The van der Waals surface area contributed by atoms with Gasteiger partial charge in [0.1, 0.15) is 0 Å². The van der Waals surface area contributed by atoms with E-state index in [2.05, 4.69) is 6.92 Å². The van der Waals surface area contributed by atoms with Gasteiger partial charge in [-0.25, -0.2) is 0 Å². The highest BCUT2D eigenvalue weighted by atomic mass is 16.4. The smallest absolute Gasteiger partial charge is 0.306 e. The lowest BCUT2D eigenvalue weighted by Gasteiger charge is -2.24. The maximum absolute atomic E-state index is 11.8. The Morgan fingerprint density at radius 2 is 0.967 bits per heavy atom. The maximum Gasteiger partial charge on any atom is 0.306 e. The summed E-state index contributed by atoms with van der Waals surface area (Å²) in [5, 5.41) is 27.3. The molecule has 176 valence electrons. The topological polar surface area (TPSA) is 112 Å². The quantitative estimate of drug-likeness (QED) is 0.169. The van der Waals surface area contributed by atoms with Crippen molar-refractivity contribution in [3.8, 4) is 0 Å². The number of hydrogen-bond donors (Lipinski definition) is 3. The van der Waals surface area contributed by atoms with E-state index in [9.17, 15) is 19.5 Å². The molecule has 0 bridgehead atoms. The monoisotopic (exact) mass is 428 g/mol. The summed E-state index contributed by atoms with van der Waals surface area (Å²) < 4.78 is 0. The molecular formula is C24H44O6. The predicted molar refractivity (Wildman–Crippen MR) is 119 cm³/mol. The lowest BCUT2D eigenvalue weighted by molar-refractivity contribution is -0.145. The van der Waals surface area contributed by atoms with Crippen LogP contribution < -0.4 is 0 Å². The molecule has 0 spiro atoms. The highest BCUT2D eigenvalue weighted by Gasteiger charge is 2.27. The van der Waals surface area contributed by atoms with Gasteiger partial charge in [-0.15, -0.1) is 0 Å². The molecule has 0 aliphatic carbocycles. The van der Waals surface area contributed by atoms with Gasteiger partial charge in [-0.2, -0.15) is 0 Å². The molecule has 0 saturated carbocycles. The van der Waals surface area contributed by atoms with Crippen molar-refractivity contribution in [1.82, 2.24) is 0 Å². The van der Waals surface area contributed by atoms with Gasteiger partial charge in [-0.05, 0) is 38.0 Å². The Morgan fingerprint density at radius 3 is 1.40 bits per heavy atom. The summed E-state index contributed by atoms with van der Waals surface area (Å²) in [5.74, 6) is -3.31. The molecule has 0 amide bonds. The summed E-state index contributed by atoms with van der Waals surface area (Å²) >= 11 is 0. The zero-order valence-electron chi connectivity index (χ0n) is 18.9. The Bertz CT molecular complexity index is 463. The minimum atomic E-state index is -0.910. The van der Waals surface area contributed by atoms with E-state index in [4.69, 9.17) is 10.2 Å². The van der Waals surface area contributed by atoms with Crippen molar-refractivity contribution in [1.29, 1.82) is 0 Å². The molecule has 2 unspecified atom stereocenters. The van der Waals surface area contributed by atoms with Gasteiger partial charge in [0, 0.05) is 12.8 Å². The third-order valence-electron chi connectivity index (χ3n) is 5.94. The van der Waals surface area contributed by atoms with Crippen molar-refractivity contribution in [2.24, 2.45) is 11.8 Å². The van der Waals surface area contributed by atoms with Crippen molar-refractivity contribution >= 4 is 17.9 Å². The van der Waals surface area contributed by atoms with Gasteiger partial charge in [-0.1, -0.05) is 77.6 Å². The average Bonchev–Trinajstić information content (AvgIpc) is 2.67. The van der Waals surface area contributed by atoms with E-state index in [1.165, 1.54) is 51.4 Å². The molecule has 6 heteroatoms. The number of aliphatic carboxylic acids is 3. The molecular weight excluding hydrogens is 384 g/mol. The van der Waals surface area contributed by atoms with E-state index < -0.39 is 23.8 Å². The van der Waals surface area contributed by atoms with E-state index in [1.54, 1.807) is 0 Å². The molecule has 0 aliphatic heterocycles. The Labute approximate surface area is 182 Å². The Morgan fingerprint density at radius 1 is 0.567 bits per heavy atom.